The fraction of sp³-hybridized carbons (Fsp3) is 0.182. The number of anilines is 1. The van der Waals surface area contributed by atoms with Crippen LogP contribution < -0.4 is 5.32 Å². The molecule has 15 heavy (non-hydrogen) atoms. The maximum absolute atomic E-state index is 10.7. The van der Waals surface area contributed by atoms with Gasteiger partial charge in [0.25, 0.3) is 0 Å². The van der Waals surface area contributed by atoms with Crippen molar-refractivity contribution >= 4 is 23.3 Å². The molecule has 0 heterocycles. The lowest BCUT2D eigenvalue weighted by Crippen LogP contribution is -2.26. The van der Waals surface area contributed by atoms with E-state index >= 15 is 0 Å². The highest BCUT2D eigenvalue weighted by atomic mass is 35.5. The van der Waals surface area contributed by atoms with E-state index in [1.54, 1.807) is 12.1 Å². The van der Waals surface area contributed by atoms with Crippen molar-refractivity contribution in [1.82, 2.24) is 0 Å². The molecule has 0 aliphatic heterocycles. The van der Waals surface area contributed by atoms with E-state index in [4.69, 9.17) is 16.7 Å². The van der Waals surface area contributed by atoms with Crippen molar-refractivity contribution in [2.75, 3.05) is 5.32 Å². The summed E-state index contributed by atoms with van der Waals surface area (Å²) >= 11 is 5.95. The van der Waals surface area contributed by atoms with Crippen LogP contribution >= 0.6 is 11.6 Å². The summed E-state index contributed by atoms with van der Waals surface area (Å²) in [5.41, 5.74) is 1.62. The second-order valence-corrected chi connectivity index (χ2v) is 3.59. The van der Waals surface area contributed by atoms with Crippen LogP contribution in [0, 0.1) is 6.92 Å². The summed E-state index contributed by atoms with van der Waals surface area (Å²) in [6.45, 7) is 5.35. The van der Waals surface area contributed by atoms with E-state index in [-0.39, 0.29) is 0 Å². The fourth-order valence-corrected chi connectivity index (χ4v) is 1.42. The maximum Gasteiger partial charge on any atom is 0.330 e. The van der Waals surface area contributed by atoms with Crippen LogP contribution in [0.1, 0.15) is 5.56 Å². The third-order valence-electron chi connectivity index (χ3n) is 1.94. The molecule has 0 aliphatic carbocycles. The minimum Gasteiger partial charge on any atom is -0.479 e. The third-order valence-corrected chi connectivity index (χ3v) is 2.25. The third kappa shape index (κ3) is 2.99. The highest BCUT2D eigenvalue weighted by molar-refractivity contribution is 6.33. The molecule has 1 atom stereocenters. The Hall–Kier alpha value is -1.48. The van der Waals surface area contributed by atoms with Gasteiger partial charge in [-0.25, -0.2) is 4.79 Å². The van der Waals surface area contributed by atoms with Gasteiger partial charge >= 0.3 is 5.97 Å². The van der Waals surface area contributed by atoms with Gasteiger partial charge in [0, 0.05) is 0 Å². The number of aliphatic carboxylic acids is 1. The molecule has 0 amide bonds. The summed E-state index contributed by atoms with van der Waals surface area (Å²) in [7, 11) is 0. The maximum atomic E-state index is 10.7. The Morgan fingerprint density at radius 1 is 1.67 bits per heavy atom. The number of nitrogens with one attached hydrogen (secondary N) is 1. The average Bonchev–Trinajstić information content (AvgIpc) is 2.16. The van der Waals surface area contributed by atoms with Crippen LogP contribution in [0.3, 0.4) is 0 Å². The minimum atomic E-state index is -0.985. The van der Waals surface area contributed by atoms with Gasteiger partial charge in [0.05, 0.1) is 10.7 Å². The zero-order valence-corrected chi connectivity index (χ0v) is 9.08. The normalized spacial score (nSPS) is 11.9. The molecule has 0 bridgehead atoms. The van der Waals surface area contributed by atoms with E-state index in [0.29, 0.717) is 10.7 Å². The molecule has 1 aromatic carbocycles. The zero-order valence-electron chi connectivity index (χ0n) is 8.33. The van der Waals surface area contributed by atoms with Crippen LogP contribution in [0.2, 0.25) is 5.02 Å². The first-order valence-corrected chi connectivity index (χ1v) is 4.80. The van der Waals surface area contributed by atoms with Gasteiger partial charge in [-0.15, -0.1) is 6.58 Å². The first-order chi connectivity index (χ1) is 7.04. The number of hydrogen-bond donors (Lipinski definition) is 2. The average molecular weight is 226 g/mol. The molecule has 3 nitrogen and oxygen atoms in total. The van der Waals surface area contributed by atoms with Crippen LogP contribution in [0.5, 0.6) is 0 Å². The van der Waals surface area contributed by atoms with Gasteiger partial charge in [-0.1, -0.05) is 23.7 Å². The first-order valence-electron chi connectivity index (χ1n) is 4.42. The number of rotatable bonds is 4. The molecule has 1 aromatic rings. The van der Waals surface area contributed by atoms with Crippen LogP contribution in [-0.4, -0.2) is 17.1 Å². The number of aryl methyl sites for hydroxylation is 1. The molecular formula is C11H12ClNO2. The first kappa shape index (κ1) is 11.6. The number of carbonyl (C=O) groups is 1. The Morgan fingerprint density at radius 3 is 2.80 bits per heavy atom. The lowest BCUT2D eigenvalue weighted by Gasteiger charge is -2.13. The lowest BCUT2D eigenvalue weighted by atomic mass is 10.2. The smallest absolute Gasteiger partial charge is 0.330 e. The van der Waals surface area contributed by atoms with E-state index in [1.807, 2.05) is 13.0 Å². The number of hydrogen-bond acceptors (Lipinski definition) is 2. The van der Waals surface area contributed by atoms with Crippen molar-refractivity contribution in [2.24, 2.45) is 0 Å². The largest absolute Gasteiger partial charge is 0.479 e. The summed E-state index contributed by atoms with van der Waals surface area (Å²) in [5, 5.41) is 12.1. The summed E-state index contributed by atoms with van der Waals surface area (Å²) in [5.74, 6) is -0.985. The summed E-state index contributed by atoms with van der Waals surface area (Å²) in [6.07, 6.45) is 1.32. The van der Waals surface area contributed by atoms with Crippen molar-refractivity contribution in [3.05, 3.63) is 41.4 Å². The predicted molar refractivity (Wildman–Crippen MR) is 61.4 cm³/mol. The fourth-order valence-electron chi connectivity index (χ4n) is 1.13. The molecule has 80 valence electrons. The summed E-state index contributed by atoms with van der Waals surface area (Å²) in [4.78, 5) is 10.7. The molecule has 0 radical (unpaired) electrons. The molecule has 0 saturated heterocycles. The van der Waals surface area contributed by atoms with Crippen molar-refractivity contribution in [1.29, 1.82) is 0 Å². The number of carboxylic acids is 1. The van der Waals surface area contributed by atoms with Gasteiger partial charge in [0.2, 0.25) is 0 Å². The molecule has 0 fully saturated rings. The van der Waals surface area contributed by atoms with E-state index in [1.165, 1.54) is 6.08 Å². The number of halogens is 1. The van der Waals surface area contributed by atoms with Crippen LogP contribution in [0.25, 0.3) is 0 Å². The Bertz CT molecular complexity index is 390. The SMILES string of the molecule is C=CC(Nc1ccc(C)cc1Cl)C(=O)O. The van der Waals surface area contributed by atoms with Crippen LogP contribution in [-0.2, 0) is 4.79 Å². The molecule has 2 N–H and O–H groups in total. The Balaban J connectivity index is 2.88. The molecule has 4 heteroatoms. The highest BCUT2D eigenvalue weighted by Gasteiger charge is 2.13. The van der Waals surface area contributed by atoms with E-state index < -0.39 is 12.0 Å². The molecular weight excluding hydrogens is 214 g/mol. The Labute approximate surface area is 93.4 Å². The van der Waals surface area contributed by atoms with Gasteiger partial charge in [-0.3, -0.25) is 0 Å². The molecule has 0 spiro atoms. The topological polar surface area (TPSA) is 49.3 Å². The number of carboxylic acid groups (broad SMARTS) is 1. The molecule has 0 saturated carbocycles. The quantitative estimate of drug-likeness (QED) is 0.775. The second-order valence-electron chi connectivity index (χ2n) is 3.18. The van der Waals surface area contributed by atoms with Crippen molar-refractivity contribution in [2.45, 2.75) is 13.0 Å². The van der Waals surface area contributed by atoms with Crippen molar-refractivity contribution in [3.8, 4) is 0 Å². The van der Waals surface area contributed by atoms with Crippen LogP contribution in [0.4, 0.5) is 5.69 Å². The second kappa shape index (κ2) is 4.84. The van der Waals surface area contributed by atoms with Gasteiger partial charge in [0.1, 0.15) is 6.04 Å². The van der Waals surface area contributed by atoms with Gasteiger partial charge in [0.15, 0.2) is 0 Å². The Morgan fingerprint density at radius 2 is 2.33 bits per heavy atom. The van der Waals surface area contributed by atoms with Crippen LogP contribution in [0.15, 0.2) is 30.9 Å². The van der Waals surface area contributed by atoms with E-state index in [0.717, 1.165) is 5.56 Å². The van der Waals surface area contributed by atoms with Gasteiger partial charge in [-0.2, -0.15) is 0 Å². The molecule has 1 rings (SSSR count). The van der Waals surface area contributed by atoms with E-state index in [9.17, 15) is 4.79 Å². The molecule has 1 unspecified atom stereocenters. The van der Waals surface area contributed by atoms with Gasteiger partial charge < -0.3 is 10.4 Å². The summed E-state index contributed by atoms with van der Waals surface area (Å²) in [6, 6.07) is 4.55. The van der Waals surface area contributed by atoms with Crippen molar-refractivity contribution in [3.63, 3.8) is 0 Å². The van der Waals surface area contributed by atoms with E-state index in [2.05, 4.69) is 11.9 Å². The minimum absolute atomic E-state index is 0.503. The summed E-state index contributed by atoms with van der Waals surface area (Å²) < 4.78 is 0. The molecule has 0 aromatic heterocycles. The Kier molecular flexibility index (Phi) is 3.74. The number of benzene rings is 1. The van der Waals surface area contributed by atoms with Gasteiger partial charge in [-0.05, 0) is 24.6 Å². The monoisotopic (exact) mass is 225 g/mol. The molecule has 0 aliphatic rings. The lowest BCUT2D eigenvalue weighted by molar-refractivity contribution is -0.136. The zero-order chi connectivity index (χ0) is 11.4. The van der Waals surface area contributed by atoms with Crippen molar-refractivity contribution < 1.29 is 9.90 Å². The highest BCUT2D eigenvalue weighted by Crippen LogP contribution is 2.23. The predicted octanol–water partition coefficient (Wildman–Crippen LogP) is 2.70. The standard InChI is InChI=1S/C11H12ClNO2/c1-3-9(11(14)15)13-10-5-4-7(2)6-8(10)12/h3-6,9,13H,1H2,2H3,(H,14,15).